The Labute approximate surface area is 60.3 Å². The molecule has 0 heterocycles. The van der Waals surface area contributed by atoms with E-state index in [0.717, 1.165) is 12.8 Å². The minimum atomic E-state index is 0.211. The van der Waals surface area contributed by atoms with Gasteiger partial charge in [0.15, 0.2) is 5.11 Å². The van der Waals surface area contributed by atoms with Gasteiger partial charge in [0.25, 0.3) is 0 Å². The summed E-state index contributed by atoms with van der Waals surface area (Å²) in [6, 6.07) is 0. The molecule has 0 aliphatic rings. The van der Waals surface area contributed by atoms with Crippen molar-refractivity contribution in [3.05, 3.63) is 0 Å². The number of hydrazone groups is 1. The van der Waals surface area contributed by atoms with Crippen LogP contribution in [0.4, 0.5) is 0 Å². The Balaban J connectivity index is 3.14. The quantitative estimate of drug-likeness (QED) is 0.347. The van der Waals surface area contributed by atoms with E-state index in [9.17, 15) is 0 Å². The SMILES string of the molecule is CCC/C=N/NC(N)=S. The topological polar surface area (TPSA) is 50.4 Å². The Bertz CT molecular complexity index is 111. The molecule has 0 aromatic heterocycles. The van der Waals surface area contributed by atoms with E-state index in [1.54, 1.807) is 6.21 Å². The summed E-state index contributed by atoms with van der Waals surface area (Å²) in [6.07, 6.45) is 3.79. The number of hydrogen-bond donors (Lipinski definition) is 2. The zero-order chi connectivity index (χ0) is 7.11. The molecule has 0 aromatic carbocycles. The van der Waals surface area contributed by atoms with Crippen molar-refractivity contribution in [3.63, 3.8) is 0 Å². The van der Waals surface area contributed by atoms with E-state index in [2.05, 4.69) is 29.7 Å². The largest absolute Gasteiger partial charge is 0.375 e. The minimum Gasteiger partial charge on any atom is -0.375 e. The van der Waals surface area contributed by atoms with Gasteiger partial charge >= 0.3 is 0 Å². The van der Waals surface area contributed by atoms with Crippen LogP contribution in [0.25, 0.3) is 0 Å². The monoisotopic (exact) mass is 145 g/mol. The summed E-state index contributed by atoms with van der Waals surface area (Å²) in [5.41, 5.74) is 7.54. The fourth-order valence-electron chi connectivity index (χ4n) is 0.303. The molecular formula is C5H11N3S. The normalized spacial score (nSPS) is 9.89. The number of nitrogens with two attached hydrogens (primary N) is 1. The van der Waals surface area contributed by atoms with E-state index in [1.807, 2.05) is 0 Å². The predicted octanol–water partition coefficient (Wildman–Crippen LogP) is 0.606. The van der Waals surface area contributed by atoms with Crippen LogP contribution in [0.3, 0.4) is 0 Å². The standard InChI is InChI=1S/C5H11N3S/c1-2-3-4-7-8-5(6)9/h4H,2-3H2,1H3,(H3,6,8,9)/b7-4+. The van der Waals surface area contributed by atoms with Crippen LogP contribution in [-0.4, -0.2) is 11.3 Å². The second kappa shape index (κ2) is 5.50. The molecule has 0 aromatic rings. The van der Waals surface area contributed by atoms with Gasteiger partial charge in [-0.25, -0.2) is 0 Å². The smallest absolute Gasteiger partial charge is 0.184 e. The molecule has 52 valence electrons. The lowest BCUT2D eigenvalue weighted by molar-refractivity contribution is 0.971. The van der Waals surface area contributed by atoms with Crippen LogP contribution in [0.5, 0.6) is 0 Å². The number of unbranched alkanes of at least 4 members (excludes halogenated alkanes) is 1. The van der Waals surface area contributed by atoms with Gasteiger partial charge in [0, 0.05) is 6.21 Å². The Kier molecular flexibility index (Phi) is 5.11. The van der Waals surface area contributed by atoms with E-state index in [0.29, 0.717) is 0 Å². The maximum absolute atomic E-state index is 5.08. The second-order valence-electron chi connectivity index (χ2n) is 1.58. The number of nitrogens with one attached hydrogen (secondary N) is 1. The Morgan fingerprint density at radius 3 is 3.00 bits per heavy atom. The van der Waals surface area contributed by atoms with Gasteiger partial charge in [0.2, 0.25) is 0 Å². The molecule has 3 N–H and O–H groups in total. The summed E-state index contributed by atoms with van der Waals surface area (Å²) in [6.45, 7) is 2.08. The number of nitrogens with zero attached hydrogens (tertiary/aromatic N) is 1. The Morgan fingerprint density at radius 1 is 1.89 bits per heavy atom. The predicted molar refractivity (Wildman–Crippen MR) is 43.3 cm³/mol. The molecule has 0 saturated heterocycles. The molecule has 0 aliphatic carbocycles. The van der Waals surface area contributed by atoms with Crippen molar-refractivity contribution in [3.8, 4) is 0 Å². The van der Waals surface area contributed by atoms with Crippen molar-refractivity contribution >= 4 is 23.5 Å². The summed E-state index contributed by atoms with van der Waals surface area (Å²) >= 11 is 4.50. The fraction of sp³-hybridized carbons (Fsp3) is 0.600. The molecule has 0 atom stereocenters. The number of rotatable bonds is 3. The van der Waals surface area contributed by atoms with Gasteiger partial charge in [-0.05, 0) is 18.6 Å². The molecular weight excluding hydrogens is 134 g/mol. The Hall–Kier alpha value is -0.640. The van der Waals surface area contributed by atoms with Crippen LogP contribution in [0.15, 0.2) is 5.10 Å². The van der Waals surface area contributed by atoms with E-state index >= 15 is 0 Å². The molecule has 0 radical (unpaired) electrons. The lowest BCUT2D eigenvalue weighted by atomic mass is 10.4. The van der Waals surface area contributed by atoms with E-state index in [4.69, 9.17) is 5.73 Å². The highest BCUT2D eigenvalue weighted by atomic mass is 32.1. The van der Waals surface area contributed by atoms with E-state index < -0.39 is 0 Å². The highest BCUT2D eigenvalue weighted by Gasteiger charge is 1.76. The Morgan fingerprint density at radius 2 is 2.56 bits per heavy atom. The molecule has 0 bridgehead atoms. The lowest BCUT2D eigenvalue weighted by Crippen LogP contribution is -2.23. The van der Waals surface area contributed by atoms with Gasteiger partial charge in [-0.1, -0.05) is 13.3 Å². The van der Waals surface area contributed by atoms with Crippen molar-refractivity contribution in [2.45, 2.75) is 19.8 Å². The van der Waals surface area contributed by atoms with Crippen LogP contribution in [-0.2, 0) is 0 Å². The van der Waals surface area contributed by atoms with Crippen molar-refractivity contribution in [2.75, 3.05) is 0 Å². The minimum absolute atomic E-state index is 0.211. The third-order valence-electron chi connectivity index (χ3n) is 0.684. The van der Waals surface area contributed by atoms with Gasteiger partial charge in [0.1, 0.15) is 0 Å². The average Bonchev–Trinajstić information content (AvgIpc) is 1.80. The fourth-order valence-corrected chi connectivity index (χ4v) is 0.356. The molecule has 9 heavy (non-hydrogen) atoms. The van der Waals surface area contributed by atoms with Crippen molar-refractivity contribution in [1.82, 2.24) is 5.43 Å². The summed E-state index contributed by atoms with van der Waals surface area (Å²) in [5, 5.41) is 3.93. The summed E-state index contributed by atoms with van der Waals surface area (Å²) in [7, 11) is 0. The van der Waals surface area contributed by atoms with Gasteiger partial charge < -0.3 is 5.73 Å². The van der Waals surface area contributed by atoms with Gasteiger partial charge in [0.05, 0.1) is 0 Å². The van der Waals surface area contributed by atoms with E-state index in [-0.39, 0.29) is 5.11 Å². The van der Waals surface area contributed by atoms with Crippen molar-refractivity contribution in [1.29, 1.82) is 0 Å². The van der Waals surface area contributed by atoms with Crippen LogP contribution in [0.1, 0.15) is 19.8 Å². The molecule has 0 spiro atoms. The molecule has 0 rings (SSSR count). The van der Waals surface area contributed by atoms with Crippen LogP contribution in [0.2, 0.25) is 0 Å². The van der Waals surface area contributed by atoms with Crippen molar-refractivity contribution < 1.29 is 0 Å². The van der Waals surface area contributed by atoms with E-state index in [1.165, 1.54) is 0 Å². The molecule has 0 amide bonds. The van der Waals surface area contributed by atoms with Crippen LogP contribution in [0, 0.1) is 0 Å². The first-order valence-electron chi connectivity index (χ1n) is 2.84. The molecule has 4 heteroatoms. The molecule has 0 aliphatic heterocycles. The summed E-state index contributed by atoms with van der Waals surface area (Å²) in [5.74, 6) is 0. The third-order valence-corrected chi connectivity index (χ3v) is 0.775. The molecule has 3 nitrogen and oxygen atoms in total. The summed E-state index contributed by atoms with van der Waals surface area (Å²) in [4.78, 5) is 0. The van der Waals surface area contributed by atoms with Crippen LogP contribution < -0.4 is 11.2 Å². The zero-order valence-corrected chi connectivity index (χ0v) is 6.24. The molecule has 0 fully saturated rings. The first-order valence-corrected chi connectivity index (χ1v) is 3.25. The van der Waals surface area contributed by atoms with Gasteiger partial charge in [-0.2, -0.15) is 5.10 Å². The lowest BCUT2D eigenvalue weighted by Gasteiger charge is -1.91. The molecule has 0 saturated carbocycles. The summed E-state index contributed by atoms with van der Waals surface area (Å²) < 4.78 is 0. The highest BCUT2D eigenvalue weighted by Crippen LogP contribution is 1.78. The molecule has 0 unspecified atom stereocenters. The number of hydrogen-bond acceptors (Lipinski definition) is 2. The average molecular weight is 145 g/mol. The van der Waals surface area contributed by atoms with Crippen molar-refractivity contribution in [2.24, 2.45) is 10.8 Å². The van der Waals surface area contributed by atoms with Gasteiger partial charge in [-0.3, -0.25) is 5.43 Å². The van der Waals surface area contributed by atoms with Crippen LogP contribution >= 0.6 is 12.2 Å². The second-order valence-corrected chi connectivity index (χ2v) is 2.02. The number of thiocarbonyl (C=S) groups is 1. The maximum atomic E-state index is 5.08. The third kappa shape index (κ3) is 7.36. The zero-order valence-electron chi connectivity index (χ0n) is 5.42. The first-order chi connectivity index (χ1) is 4.27. The highest BCUT2D eigenvalue weighted by molar-refractivity contribution is 7.80. The van der Waals surface area contributed by atoms with Gasteiger partial charge in [-0.15, -0.1) is 0 Å². The maximum Gasteiger partial charge on any atom is 0.184 e. The first kappa shape index (κ1) is 8.36.